The first kappa shape index (κ1) is 15.1. The van der Waals surface area contributed by atoms with Gasteiger partial charge in [-0.05, 0) is 37.6 Å². The summed E-state index contributed by atoms with van der Waals surface area (Å²) in [5, 5.41) is 2.91. The van der Waals surface area contributed by atoms with Crippen LogP contribution >= 0.6 is 0 Å². The zero-order valence-electron chi connectivity index (χ0n) is 11.3. The van der Waals surface area contributed by atoms with Crippen molar-refractivity contribution in [3.05, 3.63) is 29.6 Å². The summed E-state index contributed by atoms with van der Waals surface area (Å²) >= 11 is 0. The van der Waals surface area contributed by atoms with Gasteiger partial charge in [0.25, 0.3) is 0 Å². The van der Waals surface area contributed by atoms with E-state index in [1.165, 1.54) is 11.0 Å². The summed E-state index contributed by atoms with van der Waals surface area (Å²) in [5.74, 6) is -1.83. The number of anilines is 1. The molecule has 1 aromatic rings. The van der Waals surface area contributed by atoms with Crippen molar-refractivity contribution >= 4 is 5.69 Å². The molecule has 1 fully saturated rings. The lowest BCUT2D eigenvalue weighted by Gasteiger charge is -2.35. The second-order valence-electron chi connectivity index (χ2n) is 5.14. The number of nitrogens with one attached hydrogen (secondary N) is 1. The third kappa shape index (κ3) is 3.42. The molecule has 6 heteroatoms. The largest absolute Gasteiger partial charge is 0.393 e. The van der Waals surface area contributed by atoms with Crippen molar-refractivity contribution in [2.45, 2.75) is 25.6 Å². The van der Waals surface area contributed by atoms with Gasteiger partial charge in [0.1, 0.15) is 5.82 Å². The molecule has 0 aliphatic carbocycles. The maximum absolute atomic E-state index is 14.0. The Labute approximate surface area is 115 Å². The van der Waals surface area contributed by atoms with E-state index in [2.05, 4.69) is 5.32 Å². The molecule has 0 saturated carbocycles. The van der Waals surface area contributed by atoms with Crippen LogP contribution in [0.5, 0.6) is 0 Å². The van der Waals surface area contributed by atoms with Gasteiger partial charge < -0.3 is 10.2 Å². The van der Waals surface area contributed by atoms with Gasteiger partial charge in [0, 0.05) is 19.6 Å². The summed E-state index contributed by atoms with van der Waals surface area (Å²) in [5.41, 5.74) is 1.04. The van der Waals surface area contributed by atoms with Crippen LogP contribution in [-0.4, -0.2) is 26.3 Å². The Hall–Kier alpha value is -1.30. The van der Waals surface area contributed by atoms with Gasteiger partial charge in [-0.1, -0.05) is 6.07 Å². The van der Waals surface area contributed by atoms with E-state index in [9.17, 15) is 17.6 Å². The van der Waals surface area contributed by atoms with Crippen LogP contribution < -0.4 is 10.2 Å². The van der Waals surface area contributed by atoms with Crippen LogP contribution in [0.15, 0.2) is 18.2 Å². The lowest BCUT2D eigenvalue weighted by Crippen LogP contribution is -2.42. The zero-order chi connectivity index (χ0) is 14.8. The molecule has 2 rings (SSSR count). The van der Waals surface area contributed by atoms with Crippen molar-refractivity contribution in [2.24, 2.45) is 5.92 Å². The number of hydrogen-bond acceptors (Lipinski definition) is 2. The molecular formula is C14H18F4N2. The number of rotatable bonds is 3. The fraction of sp³-hybridized carbons (Fsp3) is 0.571. The highest BCUT2D eigenvalue weighted by Gasteiger charge is 2.42. The molecule has 0 bridgehead atoms. The fourth-order valence-electron chi connectivity index (χ4n) is 2.58. The minimum absolute atomic E-state index is 0.124. The number of halogens is 4. The van der Waals surface area contributed by atoms with E-state index in [-0.39, 0.29) is 18.7 Å². The standard InChI is InChI=1S/C14H18F4N2/c1-19-8-10-4-5-13(12(15)7-10)20-6-2-3-11(9-20)14(16,17)18/h4-5,7,11,19H,2-3,6,8-9H2,1H3. The molecule has 0 spiro atoms. The Balaban J connectivity index is 2.15. The Kier molecular flexibility index (Phi) is 4.52. The molecule has 20 heavy (non-hydrogen) atoms. The van der Waals surface area contributed by atoms with Crippen LogP contribution in [0.4, 0.5) is 23.2 Å². The van der Waals surface area contributed by atoms with E-state index in [1.807, 2.05) is 0 Å². The Morgan fingerprint density at radius 2 is 2.10 bits per heavy atom. The summed E-state index contributed by atoms with van der Waals surface area (Å²) in [6, 6.07) is 4.69. The summed E-state index contributed by atoms with van der Waals surface area (Å²) in [6.45, 7) is 0.836. The van der Waals surface area contributed by atoms with E-state index in [4.69, 9.17) is 0 Å². The Morgan fingerprint density at radius 1 is 1.35 bits per heavy atom. The van der Waals surface area contributed by atoms with Crippen LogP contribution in [0.1, 0.15) is 18.4 Å². The van der Waals surface area contributed by atoms with Crippen molar-refractivity contribution in [2.75, 3.05) is 25.0 Å². The first-order chi connectivity index (χ1) is 9.41. The Bertz CT molecular complexity index is 459. The molecule has 1 heterocycles. The van der Waals surface area contributed by atoms with Crippen molar-refractivity contribution < 1.29 is 17.6 Å². The summed E-state index contributed by atoms with van der Waals surface area (Å²) in [4.78, 5) is 1.50. The zero-order valence-corrected chi connectivity index (χ0v) is 11.3. The second-order valence-corrected chi connectivity index (χ2v) is 5.14. The van der Waals surface area contributed by atoms with Gasteiger partial charge in [-0.3, -0.25) is 0 Å². The molecule has 0 aromatic heterocycles. The maximum atomic E-state index is 14.0. The quantitative estimate of drug-likeness (QED) is 0.859. The predicted octanol–water partition coefficient (Wildman–Crippen LogP) is 3.32. The van der Waals surface area contributed by atoms with E-state index >= 15 is 0 Å². The molecule has 1 N–H and O–H groups in total. The van der Waals surface area contributed by atoms with E-state index in [0.29, 0.717) is 19.5 Å². The highest BCUT2D eigenvalue weighted by atomic mass is 19.4. The summed E-state index contributed by atoms with van der Waals surface area (Å²) < 4.78 is 52.3. The highest BCUT2D eigenvalue weighted by Crippen LogP contribution is 2.35. The molecule has 1 aromatic carbocycles. The molecule has 2 nitrogen and oxygen atoms in total. The lowest BCUT2D eigenvalue weighted by molar-refractivity contribution is -0.176. The van der Waals surface area contributed by atoms with Crippen molar-refractivity contribution in [3.8, 4) is 0 Å². The monoisotopic (exact) mass is 290 g/mol. The smallest absolute Gasteiger partial charge is 0.369 e. The SMILES string of the molecule is CNCc1ccc(N2CCCC(C(F)(F)F)C2)c(F)c1. The number of benzene rings is 1. The molecule has 1 aliphatic heterocycles. The molecule has 1 aliphatic rings. The van der Waals surface area contributed by atoms with Crippen molar-refractivity contribution in [1.82, 2.24) is 5.32 Å². The molecule has 1 unspecified atom stereocenters. The third-order valence-electron chi connectivity index (χ3n) is 3.62. The number of alkyl halides is 3. The van der Waals surface area contributed by atoms with Crippen molar-refractivity contribution in [3.63, 3.8) is 0 Å². The topological polar surface area (TPSA) is 15.3 Å². The molecular weight excluding hydrogens is 272 g/mol. The van der Waals surface area contributed by atoms with Gasteiger partial charge in [0.15, 0.2) is 0 Å². The van der Waals surface area contributed by atoms with Gasteiger partial charge in [0.05, 0.1) is 11.6 Å². The van der Waals surface area contributed by atoms with Crippen LogP contribution in [-0.2, 0) is 6.54 Å². The number of nitrogens with zero attached hydrogens (tertiary/aromatic N) is 1. The minimum atomic E-state index is -4.21. The fourth-order valence-corrected chi connectivity index (χ4v) is 2.58. The maximum Gasteiger partial charge on any atom is 0.393 e. The Morgan fingerprint density at radius 3 is 2.70 bits per heavy atom. The first-order valence-electron chi connectivity index (χ1n) is 6.66. The number of piperidine rings is 1. The lowest BCUT2D eigenvalue weighted by atomic mass is 9.97. The van der Waals surface area contributed by atoms with Gasteiger partial charge in [-0.2, -0.15) is 13.2 Å². The molecule has 0 radical (unpaired) electrons. The molecule has 1 saturated heterocycles. The summed E-state index contributed by atoms with van der Waals surface area (Å²) in [7, 11) is 1.75. The van der Waals surface area contributed by atoms with E-state index < -0.39 is 17.9 Å². The normalized spacial score (nSPS) is 20.2. The minimum Gasteiger partial charge on any atom is -0.369 e. The van der Waals surface area contributed by atoms with Crippen LogP contribution in [0, 0.1) is 11.7 Å². The van der Waals surface area contributed by atoms with Gasteiger partial charge in [-0.25, -0.2) is 4.39 Å². The van der Waals surface area contributed by atoms with Crippen LogP contribution in [0.2, 0.25) is 0 Å². The van der Waals surface area contributed by atoms with Crippen molar-refractivity contribution in [1.29, 1.82) is 0 Å². The van der Waals surface area contributed by atoms with E-state index in [1.54, 1.807) is 19.2 Å². The summed E-state index contributed by atoms with van der Waals surface area (Å²) in [6.07, 6.45) is -3.65. The molecule has 0 amide bonds. The first-order valence-corrected chi connectivity index (χ1v) is 6.66. The molecule has 112 valence electrons. The van der Waals surface area contributed by atoms with Gasteiger partial charge in [-0.15, -0.1) is 0 Å². The highest BCUT2D eigenvalue weighted by molar-refractivity contribution is 5.49. The third-order valence-corrected chi connectivity index (χ3v) is 3.62. The van der Waals surface area contributed by atoms with Gasteiger partial charge >= 0.3 is 6.18 Å². The number of hydrogen-bond donors (Lipinski definition) is 1. The van der Waals surface area contributed by atoms with Gasteiger partial charge in [0.2, 0.25) is 0 Å². The van der Waals surface area contributed by atoms with Crippen LogP contribution in [0.3, 0.4) is 0 Å². The predicted molar refractivity (Wildman–Crippen MR) is 70.2 cm³/mol. The molecule has 1 atom stereocenters. The average Bonchev–Trinajstić information content (AvgIpc) is 2.38. The average molecular weight is 290 g/mol. The second kappa shape index (κ2) is 5.99. The van der Waals surface area contributed by atoms with E-state index in [0.717, 1.165) is 5.56 Å². The van der Waals surface area contributed by atoms with Crippen LogP contribution in [0.25, 0.3) is 0 Å².